The monoisotopic (exact) mass is 394 g/mol. The van der Waals surface area contributed by atoms with E-state index in [1.54, 1.807) is 42.2 Å². The first-order valence-electron chi connectivity index (χ1n) is 8.71. The zero-order valence-corrected chi connectivity index (χ0v) is 16.1. The van der Waals surface area contributed by atoms with E-state index in [1.807, 2.05) is 19.1 Å². The van der Waals surface area contributed by atoms with E-state index in [4.69, 9.17) is 9.47 Å². The molecule has 0 unspecified atom stereocenters. The Morgan fingerprint density at radius 1 is 1.03 bits per heavy atom. The lowest BCUT2D eigenvalue weighted by Crippen LogP contribution is -2.23. The van der Waals surface area contributed by atoms with Crippen molar-refractivity contribution in [1.82, 2.24) is 39.8 Å². The minimum atomic E-state index is -0.334. The van der Waals surface area contributed by atoms with Gasteiger partial charge in [-0.25, -0.2) is 9.48 Å². The van der Waals surface area contributed by atoms with Crippen molar-refractivity contribution in [1.29, 1.82) is 0 Å². The Bertz CT molecular complexity index is 1190. The molecule has 11 heteroatoms. The van der Waals surface area contributed by atoms with Gasteiger partial charge in [-0.2, -0.15) is 9.36 Å². The van der Waals surface area contributed by atoms with Gasteiger partial charge in [0.1, 0.15) is 6.61 Å². The van der Waals surface area contributed by atoms with Gasteiger partial charge in [0.15, 0.2) is 5.82 Å². The van der Waals surface area contributed by atoms with Gasteiger partial charge in [-0.05, 0) is 35.0 Å². The van der Waals surface area contributed by atoms with Crippen LogP contribution in [0.2, 0.25) is 0 Å². The van der Waals surface area contributed by atoms with Crippen LogP contribution in [0.3, 0.4) is 0 Å². The third kappa shape index (κ3) is 3.57. The average molecular weight is 394 g/mol. The summed E-state index contributed by atoms with van der Waals surface area (Å²) in [5, 5.41) is 20.0. The van der Waals surface area contributed by atoms with Crippen LogP contribution in [-0.4, -0.2) is 46.9 Å². The number of ether oxygens (including phenoxy) is 2. The summed E-state index contributed by atoms with van der Waals surface area (Å²) < 4.78 is 14.8. The fourth-order valence-corrected chi connectivity index (χ4v) is 2.74. The second-order valence-electron chi connectivity index (χ2n) is 6.19. The third-order valence-electron chi connectivity index (χ3n) is 4.33. The summed E-state index contributed by atoms with van der Waals surface area (Å²) in [6.07, 6.45) is 1.72. The summed E-state index contributed by atoms with van der Waals surface area (Å²) in [5.74, 6) is 1.36. The van der Waals surface area contributed by atoms with E-state index in [0.29, 0.717) is 23.3 Å². The van der Waals surface area contributed by atoms with Gasteiger partial charge in [0.25, 0.3) is 0 Å². The molecule has 0 N–H and O–H groups in total. The molecule has 0 fully saturated rings. The number of hydrogen-bond acceptors (Lipinski definition) is 8. The minimum absolute atomic E-state index is 0.205. The first-order chi connectivity index (χ1) is 14.1. The summed E-state index contributed by atoms with van der Waals surface area (Å²) in [5.41, 5.74) is 2.05. The predicted molar refractivity (Wildman–Crippen MR) is 101 cm³/mol. The minimum Gasteiger partial charge on any atom is -0.480 e. The molecule has 0 saturated carbocycles. The Hall–Kier alpha value is -4.02. The molecule has 0 aliphatic rings. The molecule has 1 aromatic carbocycles. The van der Waals surface area contributed by atoms with Crippen LogP contribution in [-0.2, 0) is 13.7 Å². The zero-order chi connectivity index (χ0) is 20.4. The molecule has 29 heavy (non-hydrogen) atoms. The smallest absolute Gasteiger partial charge is 0.368 e. The lowest BCUT2D eigenvalue weighted by Gasteiger charge is -2.11. The van der Waals surface area contributed by atoms with Gasteiger partial charge >= 0.3 is 5.69 Å². The number of nitrogens with zero attached hydrogens (tertiary/aromatic N) is 8. The second-order valence-corrected chi connectivity index (χ2v) is 6.19. The maximum atomic E-state index is 12.2. The highest BCUT2D eigenvalue weighted by atomic mass is 16.5. The van der Waals surface area contributed by atoms with Gasteiger partial charge < -0.3 is 9.47 Å². The molecule has 0 radical (unpaired) electrons. The van der Waals surface area contributed by atoms with Crippen LogP contribution in [0.25, 0.3) is 11.5 Å². The first kappa shape index (κ1) is 18.3. The van der Waals surface area contributed by atoms with Gasteiger partial charge in [0.2, 0.25) is 11.8 Å². The summed E-state index contributed by atoms with van der Waals surface area (Å²) in [6.45, 7) is 2.14. The van der Waals surface area contributed by atoms with Crippen LogP contribution in [0.15, 0.2) is 47.4 Å². The third-order valence-corrected chi connectivity index (χ3v) is 4.33. The molecular weight excluding hydrogens is 376 g/mol. The van der Waals surface area contributed by atoms with E-state index in [0.717, 1.165) is 11.1 Å². The number of tetrazole rings is 1. The van der Waals surface area contributed by atoms with Gasteiger partial charge in [0, 0.05) is 30.9 Å². The number of aryl methyl sites for hydroxylation is 2. The van der Waals surface area contributed by atoms with Crippen molar-refractivity contribution in [3.63, 3.8) is 0 Å². The molecule has 0 aliphatic heterocycles. The van der Waals surface area contributed by atoms with E-state index in [9.17, 15) is 4.79 Å². The molecule has 4 aromatic rings. The standard InChI is InChI=1S/C18H18N8O3/c1-12-5-4-6-14(26-18(27)24(2)22-23-26)13(12)11-29-17-9-10-25(21-17)15-7-8-16(28-3)20-19-15/h4-10H,11H2,1-3H3. The molecule has 0 saturated heterocycles. The summed E-state index contributed by atoms with van der Waals surface area (Å²) in [7, 11) is 3.07. The molecule has 0 amide bonds. The fourth-order valence-electron chi connectivity index (χ4n) is 2.74. The predicted octanol–water partition coefficient (Wildman–Crippen LogP) is 0.838. The van der Waals surface area contributed by atoms with Gasteiger partial charge in [0.05, 0.1) is 12.8 Å². The number of rotatable bonds is 6. The van der Waals surface area contributed by atoms with Gasteiger partial charge in [-0.3, -0.25) is 0 Å². The molecule has 4 rings (SSSR count). The average Bonchev–Trinajstić information content (AvgIpc) is 3.34. The molecule has 0 spiro atoms. The molecule has 11 nitrogen and oxygen atoms in total. The van der Waals surface area contributed by atoms with E-state index < -0.39 is 0 Å². The molecule has 0 atom stereocenters. The second kappa shape index (κ2) is 7.54. The first-order valence-corrected chi connectivity index (χ1v) is 8.71. The highest BCUT2D eigenvalue weighted by Crippen LogP contribution is 2.20. The van der Waals surface area contributed by atoms with E-state index in [2.05, 4.69) is 25.7 Å². The maximum absolute atomic E-state index is 12.2. The Kier molecular flexibility index (Phi) is 4.77. The molecule has 0 aliphatic carbocycles. The van der Waals surface area contributed by atoms with Crippen molar-refractivity contribution in [2.75, 3.05) is 7.11 Å². The summed E-state index contributed by atoms with van der Waals surface area (Å²) >= 11 is 0. The van der Waals surface area contributed by atoms with Crippen molar-refractivity contribution in [2.24, 2.45) is 7.05 Å². The van der Waals surface area contributed by atoms with Crippen molar-refractivity contribution in [2.45, 2.75) is 13.5 Å². The Morgan fingerprint density at radius 3 is 2.59 bits per heavy atom. The van der Waals surface area contributed by atoms with Crippen molar-refractivity contribution in [3.8, 4) is 23.3 Å². The molecule has 0 bridgehead atoms. The van der Waals surface area contributed by atoms with Crippen LogP contribution in [0.4, 0.5) is 0 Å². The number of methoxy groups -OCH3 is 1. The number of hydrogen-bond donors (Lipinski definition) is 0. The Labute approximate surface area is 165 Å². The SMILES string of the molecule is COc1ccc(-n2ccc(OCc3c(C)cccc3-n3nnn(C)c3=O)n2)nn1. The summed E-state index contributed by atoms with van der Waals surface area (Å²) in [4.78, 5) is 12.2. The largest absolute Gasteiger partial charge is 0.480 e. The van der Waals surface area contributed by atoms with Crippen molar-refractivity contribution in [3.05, 3.63) is 64.2 Å². The molecule has 148 valence electrons. The highest BCUT2D eigenvalue weighted by Gasteiger charge is 2.14. The lowest BCUT2D eigenvalue weighted by molar-refractivity contribution is 0.290. The van der Waals surface area contributed by atoms with Crippen LogP contribution in [0.5, 0.6) is 11.8 Å². The van der Waals surface area contributed by atoms with Crippen molar-refractivity contribution >= 4 is 0 Å². The van der Waals surface area contributed by atoms with Crippen LogP contribution in [0.1, 0.15) is 11.1 Å². The summed E-state index contributed by atoms with van der Waals surface area (Å²) in [6, 6.07) is 10.7. The lowest BCUT2D eigenvalue weighted by atomic mass is 10.1. The Morgan fingerprint density at radius 2 is 1.90 bits per heavy atom. The topological polar surface area (TPSA) is 115 Å². The number of benzene rings is 1. The van der Waals surface area contributed by atoms with E-state index in [1.165, 1.54) is 16.5 Å². The van der Waals surface area contributed by atoms with E-state index >= 15 is 0 Å². The molecule has 3 aromatic heterocycles. The van der Waals surface area contributed by atoms with Crippen LogP contribution in [0, 0.1) is 6.92 Å². The van der Waals surface area contributed by atoms with Gasteiger partial charge in [-0.1, -0.05) is 12.1 Å². The normalized spacial score (nSPS) is 10.9. The van der Waals surface area contributed by atoms with Crippen molar-refractivity contribution < 1.29 is 9.47 Å². The van der Waals surface area contributed by atoms with E-state index in [-0.39, 0.29) is 12.3 Å². The zero-order valence-electron chi connectivity index (χ0n) is 16.1. The quantitative estimate of drug-likeness (QED) is 0.472. The van der Waals surface area contributed by atoms with Gasteiger partial charge in [-0.15, -0.1) is 15.3 Å². The van der Waals surface area contributed by atoms with Crippen LogP contribution < -0.4 is 15.2 Å². The molecule has 3 heterocycles. The maximum Gasteiger partial charge on any atom is 0.368 e. The Balaban J connectivity index is 1.56. The highest BCUT2D eigenvalue weighted by molar-refractivity contribution is 5.44. The number of aromatic nitrogens is 8. The van der Waals surface area contributed by atoms with Crippen LogP contribution >= 0.6 is 0 Å². The fraction of sp³-hybridized carbons (Fsp3) is 0.222. The molecular formula is C18H18N8O3.